The molecule has 0 fully saturated rings. The van der Waals surface area contributed by atoms with E-state index < -0.39 is 0 Å². The Hall–Kier alpha value is -0.580. The van der Waals surface area contributed by atoms with Crippen molar-refractivity contribution >= 4 is 49.1 Å². The van der Waals surface area contributed by atoms with E-state index in [0.717, 1.165) is 10.0 Å². The third kappa shape index (κ3) is 3.25. The SMILES string of the molecule is Fc1cccc(Br)c1NCc1ccc(Br)cc1Cl. The lowest BCUT2D eigenvalue weighted by atomic mass is 10.2. The zero-order valence-corrected chi connectivity index (χ0v) is 13.1. The molecule has 0 saturated carbocycles. The number of hydrogen-bond acceptors (Lipinski definition) is 1. The van der Waals surface area contributed by atoms with Crippen molar-refractivity contribution in [2.24, 2.45) is 0 Å². The Morgan fingerprint density at radius 1 is 1.17 bits per heavy atom. The summed E-state index contributed by atoms with van der Waals surface area (Å²) in [7, 11) is 0. The van der Waals surface area contributed by atoms with Gasteiger partial charge in [0.2, 0.25) is 0 Å². The van der Waals surface area contributed by atoms with Crippen LogP contribution in [-0.4, -0.2) is 0 Å². The molecule has 0 aliphatic carbocycles. The van der Waals surface area contributed by atoms with Crippen LogP contribution in [0.2, 0.25) is 5.02 Å². The lowest BCUT2D eigenvalue weighted by Crippen LogP contribution is -2.02. The quantitative estimate of drug-likeness (QED) is 0.714. The predicted octanol–water partition coefficient (Wildman–Crippen LogP) is 5.62. The van der Waals surface area contributed by atoms with Gasteiger partial charge in [0.05, 0.1) is 5.69 Å². The van der Waals surface area contributed by atoms with Crippen molar-refractivity contribution in [1.82, 2.24) is 0 Å². The first-order valence-electron chi connectivity index (χ1n) is 5.20. The molecule has 0 amide bonds. The molecule has 2 aromatic rings. The van der Waals surface area contributed by atoms with Gasteiger partial charge in [-0.05, 0) is 45.8 Å². The second kappa shape index (κ2) is 6.04. The van der Waals surface area contributed by atoms with Gasteiger partial charge in [0.25, 0.3) is 0 Å². The first-order chi connectivity index (χ1) is 8.58. The molecule has 0 saturated heterocycles. The fraction of sp³-hybridized carbons (Fsp3) is 0.0769. The molecule has 2 rings (SSSR count). The first kappa shape index (κ1) is 13.8. The molecule has 0 unspecified atom stereocenters. The number of halogens is 4. The summed E-state index contributed by atoms with van der Waals surface area (Å²) in [6.07, 6.45) is 0. The molecule has 2 aromatic carbocycles. The van der Waals surface area contributed by atoms with Crippen LogP contribution in [-0.2, 0) is 6.54 Å². The van der Waals surface area contributed by atoms with E-state index in [4.69, 9.17) is 11.6 Å². The van der Waals surface area contributed by atoms with Gasteiger partial charge in [-0.1, -0.05) is 39.7 Å². The van der Waals surface area contributed by atoms with E-state index >= 15 is 0 Å². The second-order valence-corrected chi connectivity index (χ2v) is 5.86. The minimum atomic E-state index is -0.294. The van der Waals surface area contributed by atoms with Gasteiger partial charge in [-0.3, -0.25) is 0 Å². The lowest BCUT2D eigenvalue weighted by molar-refractivity contribution is 0.629. The predicted molar refractivity (Wildman–Crippen MR) is 80.6 cm³/mol. The zero-order chi connectivity index (χ0) is 13.1. The van der Waals surface area contributed by atoms with Crippen LogP contribution in [0, 0.1) is 5.82 Å². The third-order valence-electron chi connectivity index (χ3n) is 2.43. The maximum Gasteiger partial charge on any atom is 0.147 e. The fourth-order valence-electron chi connectivity index (χ4n) is 1.52. The highest BCUT2D eigenvalue weighted by Gasteiger charge is 2.07. The fourth-order valence-corrected chi connectivity index (χ4v) is 2.74. The summed E-state index contributed by atoms with van der Waals surface area (Å²) in [6, 6.07) is 10.5. The van der Waals surface area contributed by atoms with Crippen LogP contribution in [0.15, 0.2) is 45.3 Å². The van der Waals surface area contributed by atoms with Crippen molar-refractivity contribution < 1.29 is 4.39 Å². The van der Waals surface area contributed by atoms with Gasteiger partial charge in [-0.2, -0.15) is 0 Å². The van der Waals surface area contributed by atoms with Crippen LogP contribution in [0.5, 0.6) is 0 Å². The van der Waals surface area contributed by atoms with E-state index in [1.807, 2.05) is 18.2 Å². The molecule has 0 radical (unpaired) electrons. The van der Waals surface area contributed by atoms with Gasteiger partial charge >= 0.3 is 0 Å². The molecule has 1 N–H and O–H groups in total. The Balaban J connectivity index is 2.16. The molecule has 0 spiro atoms. The van der Waals surface area contributed by atoms with Crippen molar-refractivity contribution in [2.45, 2.75) is 6.54 Å². The normalized spacial score (nSPS) is 10.4. The van der Waals surface area contributed by atoms with Crippen LogP contribution >= 0.6 is 43.5 Å². The highest BCUT2D eigenvalue weighted by atomic mass is 79.9. The summed E-state index contributed by atoms with van der Waals surface area (Å²) >= 11 is 12.8. The Kier molecular flexibility index (Phi) is 4.65. The molecule has 0 heterocycles. The molecular formula is C13H9Br2ClFN. The number of para-hydroxylation sites is 1. The number of anilines is 1. The number of nitrogens with one attached hydrogen (secondary N) is 1. The van der Waals surface area contributed by atoms with E-state index in [1.54, 1.807) is 12.1 Å². The van der Waals surface area contributed by atoms with Gasteiger partial charge in [0.1, 0.15) is 5.82 Å². The maximum absolute atomic E-state index is 13.6. The molecule has 5 heteroatoms. The van der Waals surface area contributed by atoms with Gasteiger partial charge in [-0.15, -0.1) is 0 Å². The van der Waals surface area contributed by atoms with E-state index in [-0.39, 0.29) is 5.82 Å². The van der Waals surface area contributed by atoms with Crippen molar-refractivity contribution in [3.8, 4) is 0 Å². The molecule has 0 aliphatic heterocycles. The Morgan fingerprint density at radius 3 is 2.61 bits per heavy atom. The standard InChI is InChI=1S/C13H9Br2ClFN/c14-9-5-4-8(11(16)6-9)7-18-13-10(15)2-1-3-12(13)17/h1-6,18H,7H2. The van der Waals surface area contributed by atoms with E-state index in [0.29, 0.717) is 21.7 Å². The Bertz CT molecular complexity index is 555. The topological polar surface area (TPSA) is 12.0 Å². The van der Waals surface area contributed by atoms with Crippen molar-refractivity contribution in [3.05, 3.63) is 61.7 Å². The third-order valence-corrected chi connectivity index (χ3v) is 3.94. The Morgan fingerprint density at radius 2 is 1.94 bits per heavy atom. The number of hydrogen-bond donors (Lipinski definition) is 1. The summed E-state index contributed by atoms with van der Waals surface area (Å²) < 4.78 is 15.2. The minimum absolute atomic E-state index is 0.294. The van der Waals surface area contributed by atoms with E-state index in [9.17, 15) is 4.39 Å². The van der Waals surface area contributed by atoms with Gasteiger partial charge in [0, 0.05) is 20.5 Å². The molecule has 1 nitrogen and oxygen atoms in total. The number of rotatable bonds is 3. The molecule has 0 aromatic heterocycles. The summed E-state index contributed by atoms with van der Waals surface area (Å²) in [4.78, 5) is 0. The molecule has 94 valence electrons. The molecular weight excluding hydrogens is 384 g/mol. The van der Waals surface area contributed by atoms with Crippen LogP contribution in [0.25, 0.3) is 0 Å². The van der Waals surface area contributed by atoms with Crippen LogP contribution in [0.4, 0.5) is 10.1 Å². The maximum atomic E-state index is 13.6. The van der Waals surface area contributed by atoms with E-state index in [1.165, 1.54) is 6.07 Å². The molecule has 0 atom stereocenters. The first-order valence-corrected chi connectivity index (χ1v) is 7.16. The lowest BCUT2D eigenvalue weighted by Gasteiger charge is -2.11. The monoisotopic (exact) mass is 391 g/mol. The van der Waals surface area contributed by atoms with Gasteiger partial charge < -0.3 is 5.32 Å². The summed E-state index contributed by atoms with van der Waals surface area (Å²) in [5, 5.41) is 3.68. The van der Waals surface area contributed by atoms with Crippen LogP contribution in [0.3, 0.4) is 0 Å². The Labute approximate surface area is 127 Å². The summed E-state index contributed by atoms with van der Waals surface area (Å²) in [5.41, 5.74) is 1.35. The van der Waals surface area contributed by atoms with Crippen molar-refractivity contribution in [1.29, 1.82) is 0 Å². The molecule has 18 heavy (non-hydrogen) atoms. The highest BCUT2D eigenvalue weighted by molar-refractivity contribution is 9.10. The summed E-state index contributed by atoms with van der Waals surface area (Å²) in [6.45, 7) is 0.464. The highest BCUT2D eigenvalue weighted by Crippen LogP contribution is 2.27. The summed E-state index contributed by atoms with van der Waals surface area (Å²) in [5.74, 6) is -0.294. The minimum Gasteiger partial charge on any atom is -0.378 e. The second-order valence-electron chi connectivity index (χ2n) is 3.69. The average molecular weight is 393 g/mol. The smallest absolute Gasteiger partial charge is 0.147 e. The van der Waals surface area contributed by atoms with Crippen LogP contribution < -0.4 is 5.32 Å². The van der Waals surface area contributed by atoms with Crippen molar-refractivity contribution in [3.63, 3.8) is 0 Å². The average Bonchev–Trinajstić information content (AvgIpc) is 2.31. The van der Waals surface area contributed by atoms with Crippen molar-refractivity contribution in [2.75, 3.05) is 5.32 Å². The largest absolute Gasteiger partial charge is 0.378 e. The molecule has 0 aliphatic rings. The zero-order valence-electron chi connectivity index (χ0n) is 9.18. The molecule has 0 bridgehead atoms. The van der Waals surface area contributed by atoms with Gasteiger partial charge in [-0.25, -0.2) is 4.39 Å². The number of benzene rings is 2. The van der Waals surface area contributed by atoms with Crippen LogP contribution in [0.1, 0.15) is 5.56 Å². The van der Waals surface area contributed by atoms with Gasteiger partial charge in [0.15, 0.2) is 0 Å². The van der Waals surface area contributed by atoms with E-state index in [2.05, 4.69) is 37.2 Å².